The molecule has 1 rings (SSSR count). The lowest BCUT2D eigenvalue weighted by molar-refractivity contribution is -0.494. The van der Waals surface area contributed by atoms with E-state index >= 15 is 0 Å². The predicted octanol–water partition coefficient (Wildman–Crippen LogP) is -0.201. The Bertz CT molecular complexity index is 231. The average molecular weight is 140 g/mol. The van der Waals surface area contributed by atoms with Crippen molar-refractivity contribution in [2.45, 2.75) is 6.04 Å². The number of nitro groups is 1. The van der Waals surface area contributed by atoms with E-state index in [2.05, 4.69) is 4.99 Å². The van der Waals surface area contributed by atoms with Crippen molar-refractivity contribution in [3.63, 3.8) is 0 Å². The number of amides is 1. The summed E-state index contributed by atoms with van der Waals surface area (Å²) in [4.78, 5) is 23.1. The fourth-order valence-electron chi connectivity index (χ4n) is 0.591. The molecule has 0 bridgehead atoms. The monoisotopic (exact) mass is 140 g/mol. The highest BCUT2D eigenvalue weighted by atomic mass is 16.6. The van der Waals surface area contributed by atoms with E-state index in [4.69, 9.17) is 0 Å². The zero-order valence-corrected chi connectivity index (χ0v) is 4.93. The van der Waals surface area contributed by atoms with Crippen molar-refractivity contribution in [3.8, 4) is 0 Å². The van der Waals surface area contributed by atoms with Crippen LogP contribution in [0.15, 0.2) is 17.1 Å². The summed E-state index contributed by atoms with van der Waals surface area (Å²) in [6.45, 7) is 0. The molecule has 5 heteroatoms. The predicted molar refractivity (Wildman–Crippen MR) is 33.4 cm³/mol. The van der Waals surface area contributed by atoms with E-state index < -0.39 is 16.9 Å². The first-order chi connectivity index (χ1) is 4.72. The zero-order valence-electron chi connectivity index (χ0n) is 4.93. The number of hydrogen-bond acceptors (Lipinski definition) is 3. The lowest BCUT2D eigenvalue weighted by Gasteiger charge is -2.00. The SMILES string of the molecule is O=C1N=CC=C[C@@H]1[N+](=O)[O-]. The van der Waals surface area contributed by atoms with Crippen molar-refractivity contribution in [2.24, 2.45) is 4.99 Å². The van der Waals surface area contributed by atoms with Crippen LogP contribution in [0.1, 0.15) is 0 Å². The zero-order chi connectivity index (χ0) is 7.56. The van der Waals surface area contributed by atoms with Gasteiger partial charge in [-0.05, 0) is 6.08 Å². The van der Waals surface area contributed by atoms with Crippen LogP contribution < -0.4 is 0 Å². The van der Waals surface area contributed by atoms with E-state index in [0.29, 0.717) is 0 Å². The number of carbonyl (C=O) groups excluding carboxylic acids is 1. The maximum atomic E-state index is 10.5. The van der Waals surface area contributed by atoms with Crippen LogP contribution in [0.2, 0.25) is 0 Å². The van der Waals surface area contributed by atoms with Crippen molar-refractivity contribution in [3.05, 3.63) is 22.3 Å². The van der Waals surface area contributed by atoms with Gasteiger partial charge in [-0.15, -0.1) is 0 Å². The molecule has 0 radical (unpaired) electrons. The molecule has 0 aromatic rings. The molecule has 0 saturated carbocycles. The van der Waals surface area contributed by atoms with Gasteiger partial charge in [0, 0.05) is 17.2 Å². The molecule has 0 aromatic carbocycles. The molecule has 1 amide bonds. The molecule has 1 aliphatic heterocycles. The van der Waals surface area contributed by atoms with E-state index in [0.717, 1.165) is 0 Å². The number of dihydropyridines is 1. The Morgan fingerprint density at radius 2 is 2.40 bits per heavy atom. The maximum Gasteiger partial charge on any atom is 0.324 e. The average Bonchev–Trinajstić information content (AvgIpc) is 1.88. The third kappa shape index (κ3) is 1.07. The third-order valence-corrected chi connectivity index (χ3v) is 1.06. The van der Waals surface area contributed by atoms with Crippen molar-refractivity contribution >= 4 is 12.1 Å². The van der Waals surface area contributed by atoms with Gasteiger partial charge in [-0.1, -0.05) is 0 Å². The van der Waals surface area contributed by atoms with Gasteiger partial charge >= 0.3 is 11.9 Å². The van der Waals surface area contributed by atoms with Crippen LogP contribution >= 0.6 is 0 Å². The fourth-order valence-corrected chi connectivity index (χ4v) is 0.591. The first kappa shape index (κ1) is 6.60. The summed E-state index contributed by atoms with van der Waals surface area (Å²) in [5, 5.41) is 10.0. The van der Waals surface area contributed by atoms with E-state index in [-0.39, 0.29) is 0 Å². The molecular weight excluding hydrogens is 136 g/mol. The second kappa shape index (κ2) is 2.38. The molecule has 1 atom stereocenters. The Morgan fingerprint density at radius 3 is 2.80 bits per heavy atom. The molecule has 1 aliphatic rings. The summed E-state index contributed by atoms with van der Waals surface area (Å²) in [5.74, 6) is -0.715. The Balaban J connectivity index is 2.80. The Labute approximate surface area is 56.2 Å². The lowest BCUT2D eigenvalue weighted by Crippen LogP contribution is -2.27. The summed E-state index contributed by atoms with van der Waals surface area (Å²) in [5.41, 5.74) is 0. The molecule has 0 saturated heterocycles. The number of aliphatic imine (C=N–C) groups is 1. The molecule has 5 nitrogen and oxygen atoms in total. The van der Waals surface area contributed by atoms with Gasteiger partial charge in [-0.3, -0.25) is 14.9 Å². The van der Waals surface area contributed by atoms with Crippen molar-refractivity contribution in [2.75, 3.05) is 0 Å². The van der Waals surface area contributed by atoms with Crippen LogP contribution in [0.3, 0.4) is 0 Å². The third-order valence-electron chi connectivity index (χ3n) is 1.06. The number of carbonyl (C=O) groups is 1. The molecule has 0 fully saturated rings. The molecule has 0 aliphatic carbocycles. The van der Waals surface area contributed by atoms with Crippen molar-refractivity contribution in [1.29, 1.82) is 0 Å². The van der Waals surface area contributed by atoms with E-state index in [1.165, 1.54) is 18.4 Å². The quantitative estimate of drug-likeness (QED) is 0.374. The number of rotatable bonds is 1. The van der Waals surface area contributed by atoms with Crippen LogP contribution in [0.4, 0.5) is 0 Å². The van der Waals surface area contributed by atoms with E-state index in [1.807, 2.05) is 0 Å². The van der Waals surface area contributed by atoms with Gasteiger partial charge in [0.25, 0.3) is 0 Å². The lowest BCUT2D eigenvalue weighted by atomic mass is 10.2. The number of hydrogen-bond donors (Lipinski definition) is 0. The largest absolute Gasteiger partial charge is 0.324 e. The minimum Gasteiger partial charge on any atom is -0.264 e. The molecule has 0 unspecified atom stereocenters. The Morgan fingerprint density at radius 1 is 1.70 bits per heavy atom. The van der Waals surface area contributed by atoms with Crippen LogP contribution in [-0.4, -0.2) is 23.1 Å². The van der Waals surface area contributed by atoms with Gasteiger partial charge in [0.15, 0.2) is 0 Å². The second-order valence-electron chi connectivity index (χ2n) is 1.73. The minimum absolute atomic E-state index is 0.671. The molecule has 1 heterocycles. The van der Waals surface area contributed by atoms with Gasteiger partial charge in [-0.2, -0.15) is 0 Å². The first-order valence-corrected chi connectivity index (χ1v) is 2.60. The minimum atomic E-state index is -1.27. The molecule has 0 spiro atoms. The van der Waals surface area contributed by atoms with Crippen LogP contribution in [0.5, 0.6) is 0 Å². The van der Waals surface area contributed by atoms with Crippen LogP contribution in [0, 0.1) is 10.1 Å². The summed E-state index contributed by atoms with van der Waals surface area (Å²) in [7, 11) is 0. The highest BCUT2D eigenvalue weighted by Gasteiger charge is 2.26. The number of nitrogens with zero attached hydrogens (tertiary/aromatic N) is 2. The van der Waals surface area contributed by atoms with Crippen LogP contribution in [-0.2, 0) is 4.79 Å². The van der Waals surface area contributed by atoms with Crippen molar-refractivity contribution in [1.82, 2.24) is 0 Å². The summed E-state index contributed by atoms with van der Waals surface area (Å²) >= 11 is 0. The molecular formula is C5H4N2O3. The smallest absolute Gasteiger partial charge is 0.264 e. The van der Waals surface area contributed by atoms with Gasteiger partial charge in [-0.25, -0.2) is 4.99 Å². The van der Waals surface area contributed by atoms with Gasteiger partial charge < -0.3 is 0 Å². The van der Waals surface area contributed by atoms with Crippen molar-refractivity contribution < 1.29 is 9.72 Å². The first-order valence-electron chi connectivity index (χ1n) is 2.60. The fraction of sp³-hybridized carbons (Fsp3) is 0.200. The molecule has 52 valence electrons. The normalized spacial score (nSPS) is 23.2. The second-order valence-corrected chi connectivity index (χ2v) is 1.73. The summed E-state index contributed by atoms with van der Waals surface area (Å²) in [6.07, 6.45) is 3.83. The highest BCUT2D eigenvalue weighted by molar-refractivity contribution is 5.95. The van der Waals surface area contributed by atoms with Gasteiger partial charge in [0.1, 0.15) is 0 Å². The van der Waals surface area contributed by atoms with E-state index in [9.17, 15) is 14.9 Å². The maximum absolute atomic E-state index is 10.5. The van der Waals surface area contributed by atoms with E-state index in [1.54, 1.807) is 0 Å². The molecule has 0 aromatic heterocycles. The van der Waals surface area contributed by atoms with Crippen LogP contribution in [0.25, 0.3) is 0 Å². The summed E-state index contributed by atoms with van der Waals surface area (Å²) < 4.78 is 0. The molecule has 10 heavy (non-hydrogen) atoms. The standard InChI is InChI=1S/C5H4N2O3/c8-5-4(7(9)10)2-1-3-6-5/h1-4H/t4-/m0/s1. The number of allylic oxidation sites excluding steroid dienone is 1. The van der Waals surface area contributed by atoms with Gasteiger partial charge in [0.2, 0.25) is 0 Å². The Hall–Kier alpha value is -1.52. The topological polar surface area (TPSA) is 72.6 Å². The Kier molecular flexibility index (Phi) is 1.57. The van der Waals surface area contributed by atoms with Gasteiger partial charge in [0.05, 0.1) is 0 Å². The highest BCUT2D eigenvalue weighted by Crippen LogP contribution is 1.99. The molecule has 0 N–H and O–H groups in total. The summed E-state index contributed by atoms with van der Waals surface area (Å²) in [6, 6.07) is -1.27.